The number of rotatable bonds is 4. The lowest BCUT2D eigenvalue weighted by Crippen LogP contribution is -2.48. The molecule has 0 spiro atoms. The van der Waals surface area contributed by atoms with Gasteiger partial charge >= 0.3 is 6.09 Å². The molecular formula is C23H32FN3O4. The lowest BCUT2D eigenvalue weighted by molar-refractivity contribution is -0.135. The maximum absolute atomic E-state index is 15.2. The fourth-order valence-electron chi connectivity index (χ4n) is 5.04. The van der Waals surface area contributed by atoms with E-state index in [1.165, 1.54) is 13.2 Å². The van der Waals surface area contributed by atoms with E-state index in [0.717, 1.165) is 18.5 Å². The number of hydrogen-bond donors (Lipinski definition) is 1. The highest BCUT2D eigenvalue weighted by molar-refractivity contribution is 5.91. The van der Waals surface area contributed by atoms with Gasteiger partial charge in [-0.25, -0.2) is 9.18 Å². The summed E-state index contributed by atoms with van der Waals surface area (Å²) < 4.78 is 20.0. The fourth-order valence-corrected chi connectivity index (χ4v) is 5.04. The van der Waals surface area contributed by atoms with Gasteiger partial charge in [-0.2, -0.15) is 0 Å². The molecule has 4 rings (SSSR count). The van der Waals surface area contributed by atoms with Crippen LogP contribution < -0.4 is 4.90 Å². The number of ether oxygens (including phenoxy) is 1. The predicted octanol–water partition coefficient (Wildman–Crippen LogP) is 2.51. The summed E-state index contributed by atoms with van der Waals surface area (Å²) in [6.45, 7) is 2.27. The van der Waals surface area contributed by atoms with Gasteiger partial charge in [-0.05, 0) is 50.7 Å². The van der Waals surface area contributed by atoms with Crippen molar-refractivity contribution < 1.29 is 23.8 Å². The second kappa shape index (κ2) is 8.65. The van der Waals surface area contributed by atoms with Crippen molar-refractivity contribution >= 4 is 17.7 Å². The van der Waals surface area contributed by atoms with Crippen molar-refractivity contribution in [3.8, 4) is 0 Å². The van der Waals surface area contributed by atoms with Crippen molar-refractivity contribution in [1.82, 2.24) is 9.80 Å². The smallest absolute Gasteiger partial charge is 0.409 e. The van der Waals surface area contributed by atoms with Gasteiger partial charge in [-0.3, -0.25) is 4.79 Å². The third-order valence-corrected chi connectivity index (χ3v) is 7.24. The number of anilines is 1. The number of aliphatic hydroxyl groups excluding tert-OH is 1. The van der Waals surface area contributed by atoms with Gasteiger partial charge < -0.3 is 24.5 Å². The van der Waals surface area contributed by atoms with Crippen LogP contribution in [-0.2, 0) is 14.9 Å². The van der Waals surface area contributed by atoms with E-state index in [2.05, 4.69) is 0 Å². The van der Waals surface area contributed by atoms with E-state index >= 15 is 4.39 Å². The lowest BCUT2D eigenvalue weighted by Gasteiger charge is -2.36. The Balaban J connectivity index is 1.44. The second-order valence-corrected chi connectivity index (χ2v) is 9.07. The summed E-state index contributed by atoms with van der Waals surface area (Å²) in [6, 6.07) is 5.28. The Labute approximate surface area is 182 Å². The second-order valence-electron chi connectivity index (χ2n) is 9.07. The SMILES string of the molecule is COC(=O)N1CCN(c2ccc(C3(C(=O)N(C)[C@H]4CC[C@H](O)CC4)CC3)c(F)c2)CC1. The van der Waals surface area contributed by atoms with Crippen LogP contribution in [0.1, 0.15) is 44.1 Å². The number of aliphatic hydroxyl groups is 1. The Bertz CT molecular complexity index is 828. The van der Waals surface area contributed by atoms with Crippen LogP contribution in [0, 0.1) is 5.82 Å². The molecular weight excluding hydrogens is 401 g/mol. The number of piperazine rings is 1. The molecule has 1 saturated heterocycles. The Kier molecular flexibility index (Phi) is 6.10. The van der Waals surface area contributed by atoms with Gasteiger partial charge in [0.05, 0.1) is 18.6 Å². The quantitative estimate of drug-likeness (QED) is 0.790. The number of methoxy groups -OCH3 is 1. The molecule has 1 aliphatic heterocycles. The molecule has 0 bridgehead atoms. The van der Waals surface area contributed by atoms with Gasteiger partial charge in [0.15, 0.2) is 0 Å². The van der Waals surface area contributed by atoms with Gasteiger partial charge in [0, 0.05) is 50.5 Å². The minimum atomic E-state index is -0.753. The molecule has 3 fully saturated rings. The largest absolute Gasteiger partial charge is 0.453 e. The van der Waals surface area contributed by atoms with Crippen LogP contribution in [0.25, 0.3) is 0 Å². The van der Waals surface area contributed by atoms with Crippen molar-refractivity contribution in [2.75, 3.05) is 45.2 Å². The molecule has 1 N–H and O–H groups in total. The van der Waals surface area contributed by atoms with Gasteiger partial charge in [-0.15, -0.1) is 0 Å². The van der Waals surface area contributed by atoms with Crippen LogP contribution in [0.5, 0.6) is 0 Å². The fraction of sp³-hybridized carbons (Fsp3) is 0.652. The van der Waals surface area contributed by atoms with Crippen LogP contribution in [0.15, 0.2) is 18.2 Å². The lowest BCUT2D eigenvalue weighted by atomic mass is 9.89. The van der Waals surface area contributed by atoms with E-state index in [1.54, 1.807) is 15.9 Å². The van der Waals surface area contributed by atoms with E-state index in [9.17, 15) is 14.7 Å². The van der Waals surface area contributed by atoms with Crippen molar-refractivity contribution in [1.29, 1.82) is 0 Å². The van der Waals surface area contributed by atoms with E-state index in [-0.39, 0.29) is 30.0 Å². The molecule has 3 aliphatic rings. The summed E-state index contributed by atoms with van der Waals surface area (Å²) in [5.41, 5.74) is 0.498. The van der Waals surface area contributed by atoms with E-state index in [0.29, 0.717) is 57.4 Å². The molecule has 2 saturated carbocycles. The maximum Gasteiger partial charge on any atom is 0.409 e. The number of nitrogens with zero attached hydrogens (tertiary/aromatic N) is 3. The van der Waals surface area contributed by atoms with Crippen LogP contribution in [0.3, 0.4) is 0 Å². The summed E-state index contributed by atoms with van der Waals surface area (Å²) in [5, 5.41) is 9.74. The van der Waals surface area contributed by atoms with Gasteiger partial charge in [0.2, 0.25) is 5.91 Å². The van der Waals surface area contributed by atoms with Crippen molar-refractivity contribution in [3.05, 3.63) is 29.6 Å². The van der Waals surface area contributed by atoms with Crippen LogP contribution in [0.4, 0.5) is 14.9 Å². The van der Waals surface area contributed by atoms with Crippen molar-refractivity contribution in [2.24, 2.45) is 0 Å². The molecule has 1 aromatic rings. The molecule has 1 heterocycles. The molecule has 170 valence electrons. The van der Waals surface area contributed by atoms with E-state index in [4.69, 9.17) is 4.74 Å². The highest BCUT2D eigenvalue weighted by Gasteiger charge is 2.54. The van der Waals surface area contributed by atoms with Crippen LogP contribution >= 0.6 is 0 Å². The molecule has 0 atom stereocenters. The average molecular weight is 434 g/mol. The third-order valence-electron chi connectivity index (χ3n) is 7.24. The first-order valence-corrected chi connectivity index (χ1v) is 11.2. The van der Waals surface area contributed by atoms with Gasteiger partial charge in [-0.1, -0.05) is 6.07 Å². The average Bonchev–Trinajstić information content (AvgIpc) is 3.60. The molecule has 2 aliphatic carbocycles. The first-order valence-electron chi connectivity index (χ1n) is 11.2. The Morgan fingerprint density at radius 1 is 1.13 bits per heavy atom. The summed E-state index contributed by atoms with van der Waals surface area (Å²) in [7, 11) is 3.19. The van der Waals surface area contributed by atoms with Gasteiger partial charge in [0.25, 0.3) is 0 Å². The van der Waals surface area contributed by atoms with E-state index < -0.39 is 5.41 Å². The normalized spacial score (nSPS) is 25.2. The molecule has 8 heteroatoms. The summed E-state index contributed by atoms with van der Waals surface area (Å²) in [6.07, 6.45) is 3.72. The molecule has 7 nitrogen and oxygen atoms in total. The number of hydrogen-bond acceptors (Lipinski definition) is 5. The summed E-state index contributed by atoms with van der Waals surface area (Å²) in [4.78, 5) is 30.4. The number of carbonyl (C=O) groups is 2. The number of likely N-dealkylation sites (N-methyl/N-ethyl adjacent to an activating group) is 1. The molecule has 0 radical (unpaired) electrons. The first kappa shape index (κ1) is 21.9. The summed E-state index contributed by atoms with van der Waals surface area (Å²) in [5.74, 6) is -0.349. The predicted molar refractivity (Wildman–Crippen MR) is 115 cm³/mol. The highest BCUT2D eigenvalue weighted by Crippen LogP contribution is 2.51. The minimum absolute atomic E-state index is 0.00719. The number of amides is 2. The maximum atomic E-state index is 15.2. The van der Waals surface area contributed by atoms with Gasteiger partial charge in [0.1, 0.15) is 5.82 Å². The zero-order chi connectivity index (χ0) is 22.2. The molecule has 1 aromatic carbocycles. The standard InChI is InChI=1S/C23H32FN3O4/c1-25(16-3-6-18(28)7-4-16)21(29)23(9-10-23)19-8-5-17(15-20(19)24)26-11-13-27(14-12-26)22(30)31-2/h5,8,15-16,18,28H,3-4,6-7,9-14H2,1-2H3/t16-,18-. The Hall–Kier alpha value is -2.35. The highest BCUT2D eigenvalue weighted by atomic mass is 19.1. The van der Waals surface area contributed by atoms with Crippen molar-refractivity contribution in [2.45, 2.75) is 56.1 Å². The summed E-state index contributed by atoms with van der Waals surface area (Å²) >= 11 is 0. The Morgan fingerprint density at radius 2 is 1.77 bits per heavy atom. The monoisotopic (exact) mass is 433 g/mol. The van der Waals surface area contributed by atoms with Crippen LogP contribution in [0.2, 0.25) is 0 Å². The molecule has 0 unspecified atom stereocenters. The topological polar surface area (TPSA) is 73.3 Å². The van der Waals surface area contributed by atoms with E-state index in [1.807, 2.05) is 18.0 Å². The third kappa shape index (κ3) is 4.22. The minimum Gasteiger partial charge on any atom is -0.453 e. The molecule has 31 heavy (non-hydrogen) atoms. The number of carbonyl (C=O) groups excluding carboxylic acids is 2. The number of benzene rings is 1. The van der Waals surface area contributed by atoms with Crippen LogP contribution in [-0.4, -0.2) is 79.4 Å². The molecule has 0 aromatic heterocycles. The number of halogens is 1. The first-order chi connectivity index (χ1) is 14.9. The Morgan fingerprint density at radius 3 is 2.32 bits per heavy atom. The zero-order valence-electron chi connectivity index (χ0n) is 18.3. The van der Waals surface area contributed by atoms with Crippen molar-refractivity contribution in [3.63, 3.8) is 0 Å². The molecule has 2 amide bonds. The zero-order valence-corrected chi connectivity index (χ0v) is 18.3.